The van der Waals surface area contributed by atoms with Gasteiger partial charge in [-0.1, -0.05) is 0 Å². The van der Waals surface area contributed by atoms with Crippen molar-refractivity contribution in [1.82, 2.24) is 9.80 Å². The Bertz CT molecular complexity index is 308. The van der Waals surface area contributed by atoms with Gasteiger partial charge in [-0.2, -0.15) is 13.2 Å². The molecular formula is C10H18F3N3O3. The van der Waals surface area contributed by atoms with Gasteiger partial charge in [-0.05, 0) is 0 Å². The number of nitrogens with zero attached hydrogens (tertiary/aromatic N) is 2. The smallest absolute Gasteiger partial charge is 0.370 e. The Labute approximate surface area is 109 Å². The minimum absolute atomic E-state index is 0.0627. The summed E-state index contributed by atoms with van der Waals surface area (Å²) in [5.74, 6) is -1.50. The number of likely N-dealkylation sites (N-methyl/N-ethyl adjacent to an activating group) is 1. The number of ether oxygens (including phenoxy) is 1. The van der Waals surface area contributed by atoms with Crippen LogP contribution in [-0.4, -0.2) is 74.7 Å². The maximum Gasteiger partial charge on any atom is 0.406 e. The Morgan fingerprint density at radius 2 is 1.79 bits per heavy atom. The summed E-state index contributed by atoms with van der Waals surface area (Å²) in [6.07, 6.45) is -4.57. The molecular weight excluding hydrogens is 267 g/mol. The molecule has 112 valence electrons. The molecule has 9 heteroatoms. The van der Waals surface area contributed by atoms with E-state index in [1.54, 1.807) is 0 Å². The number of hydrogen-bond donors (Lipinski definition) is 1. The van der Waals surface area contributed by atoms with Gasteiger partial charge in [0.1, 0.15) is 19.7 Å². The first-order valence-electron chi connectivity index (χ1n) is 5.50. The quantitative estimate of drug-likeness (QED) is 0.636. The summed E-state index contributed by atoms with van der Waals surface area (Å²) in [6.45, 7) is -2.45. The zero-order valence-electron chi connectivity index (χ0n) is 10.9. The normalized spacial score (nSPS) is 11.3. The fraction of sp³-hybridized carbons (Fsp3) is 0.800. The Morgan fingerprint density at radius 3 is 2.21 bits per heavy atom. The first-order chi connectivity index (χ1) is 8.67. The van der Waals surface area contributed by atoms with E-state index in [2.05, 4.69) is 0 Å². The molecule has 19 heavy (non-hydrogen) atoms. The van der Waals surface area contributed by atoms with Gasteiger partial charge >= 0.3 is 6.18 Å². The first-order valence-corrected chi connectivity index (χ1v) is 5.50. The summed E-state index contributed by atoms with van der Waals surface area (Å²) in [4.78, 5) is 24.4. The molecule has 0 aliphatic heterocycles. The molecule has 0 atom stereocenters. The average molecular weight is 285 g/mol. The SMILES string of the molecule is CN(C)C(=O)CN(CC(F)(F)F)C(=O)COCCN. The van der Waals surface area contributed by atoms with Crippen LogP contribution in [-0.2, 0) is 14.3 Å². The van der Waals surface area contributed by atoms with Crippen LogP contribution in [0.25, 0.3) is 0 Å². The van der Waals surface area contributed by atoms with Gasteiger partial charge in [0.05, 0.1) is 6.61 Å². The first kappa shape index (κ1) is 17.6. The zero-order chi connectivity index (χ0) is 15.1. The Morgan fingerprint density at radius 1 is 1.21 bits per heavy atom. The summed E-state index contributed by atoms with van der Waals surface area (Å²) in [6, 6.07) is 0. The minimum Gasteiger partial charge on any atom is -0.370 e. The molecule has 0 rings (SSSR count). The van der Waals surface area contributed by atoms with Crippen LogP contribution in [0.5, 0.6) is 0 Å². The van der Waals surface area contributed by atoms with Crippen LogP contribution in [0.1, 0.15) is 0 Å². The highest BCUT2D eigenvalue weighted by Crippen LogP contribution is 2.16. The van der Waals surface area contributed by atoms with Crippen LogP contribution in [0, 0.1) is 0 Å². The van der Waals surface area contributed by atoms with E-state index in [1.165, 1.54) is 14.1 Å². The minimum atomic E-state index is -4.57. The lowest BCUT2D eigenvalue weighted by atomic mass is 10.4. The summed E-state index contributed by atoms with van der Waals surface area (Å²) in [5, 5.41) is 0. The van der Waals surface area contributed by atoms with Crippen LogP contribution < -0.4 is 5.73 Å². The predicted molar refractivity (Wildman–Crippen MR) is 61.2 cm³/mol. The molecule has 2 amide bonds. The molecule has 0 heterocycles. The van der Waals surface area contributed by atoms with Crippen LogP contribution in [0.15, 0.2) is 0 Å². The second-order valence-electron chi connectivity index (χ2n) is 3.99. The molecule has 0 aliphatic rings. The lowest BCUT2D eigenvalue weighted by Gasteiger charge is -2.24. The van der Waals surface area contributed by atoms with E-state index >= 15 is 0 Å². The summed E-state index contributed by atoms with van der Waals surface area (Å²) in [5.41, 5.74) is 5.12. The van der Waals surface area contributed by atoms with Gasteiger partial charge in [0, 0.05) is 20.6 Å². The topological polar surface area (TPSA) is 75.9 Å². The Kier molecular flexibility index (Phi) is 7.38. The van der Waals surface area contributed by atoms with E-state index in [0.717, 1.165) is 4.90 Å². The molecule has 6 nitrogen and oxygen atoms in total. The lowest BCUT2D eigenvalue weighted by Crippen LogP contribution is -2.46. The van der Waals surface area contributed by atoms with E-state index < -0.39 is 37.7 Å². The second kappa shape index (κ2) is 7.95. The molecule has 0 unspecified atom stereocenters. The van der Waals surface area contributed by atoms with Crippen molar-refractivity contribution >= 4 is 11.8 Å². The summed E-state index contributed by atoms with van der Waals surface area (Å²) >= 11 is 0. The monoisotopic (exact) mass is 285 g/mol. The predicted octanol–water partition coefficient (Wildman–Crippen LogP) is -0.559. The van der Waals surface area contributed by atoms with E-state index in [4.69, 9.17) is 10.5 Å². The number of halogens is 3. The van der Waals surface area contributed by atoms with E-state index in [0.29, 0.717) is 4.90 Å². The number of carbonyl (C=O) groups is 2. The van der Waals surface area contributed by atoms with Gasteiger partial charge in [-0.3, -0.25) is 9.59 Å². The number of rotatable bonds is 7. The third-order valence-electron chi connectivity index (χ3n) is 2.04. The number of nitrogens with two attached hydrogens (primary N) is 1. The lowest BCUT2D eigenvalue weighted by molar-refractivity contribution is -0.166. The van der Waals surface area contributed by atoms with Crippen LogP contribution >= 0.6 is 0 Å². The average Bonchev–Trinajstić information content (AvgIpc) is 2.26. The van der Waals surface area contributed by atoms with Crippen LogP contribution in [0.3, 0.4) is 0 Å². The van der Waals surface area contributed by atoms with Crippen molar-refractivity contribution in [3.8, 4) is 0 Å². The Balaban J connectivity index is 4.57. The van der Waals surface area contributed by atoms with E-state index in [-0.39, 0.29) is 13.2 Å². The summed E-state index contributed by atoms with van der Waals surface area (Å²) < 4.78 is 41.8. The number of amides is 2. The number of carbonyl (C=O) groups excluding carboxylic acids is 2. The molecule has 0 bridgehead atoms. The van der Waals surface area contributed by atoms with Gasteiger partial charge in [-0.15, -0.1) is 0 Å². The van der Waals surface area contributed by atoms with Crippen molar-refractivity contribution in [1.29, 1.82) is 0 Å². The highest BCUT2D eigenvalue weighted by atomic mass is 19.4. The third-order valence-corrected chi connectivity index (χ3v) is 2.04. The zero-order valence-corrected chi connectivity index (χ0v) is 10.9. The van der Waals surface area contributed by atoms with Crippen LogP contribution in [0.2, 0.25) is 0 Å². The van der Waals surface area contributed by atoms with Crippen molar-refractivity contribution < 1.29 is 27.5 Å². The standard InChI is InChI=1S/C10H18F3N3O3/c1-15(2)8(17)5-16(7-10(11,12)13)9(18)6-19-4-3-14/h3-7,14H2,1-2H3. The maximum atomic E-state index is 12.3. The summed E-state index contributed by atoms with van der Waals surface area (Å²) in [7, 11) is 2.78. The van der Waals surface area contributed by atoms with Crippen molar-refractivity contribution in [3.05, 3.63) is 0 Å². The molecule has 0 radical (unpaired) electrons. The number of alkyl halides is 3. The molecule has 0 saturated heterocycles. The van der Waals surface area contributed by atoms with Gasteiger partial charge in [0.25, 0.3) is 0 Å². The Hall–Kier alpha value is -1.35. The van der Waals surface area contributed by atoms with Crippen LogP contribution in [0.4, 0.5) is 13.2 Å². The molecule has 0 aliphatic carbocycles. The van der Waals surface area contributed by atoms with Crippen molar-refractivity contribution in [2.45, 2.75) is 6.18 Å². The number of hydrogen-bond acceptors (Lipinski definition) is 4. The largest absolute Gasteiger partial charge is 0.406 e. The van der Waals surface area contributed by atoms with Gasteiger partial charge in [0.2, 0.25) is 11.8 Å². The third kappa shape index (κ3) is 8.38. The second-order valence-corrected chi connectivity index (χ2v) is 3.99. The molecule has 0 saturated carbocycles. The fourth-order valence-electron chi connectivity index (χ4n) is 1.09. The molecule has 2 N–H and O–H groups in total. The molecule has 0 aromatic rings. The van der Waals surface area contributed by atoms with Crippen molar-refractivity contribution in [2.24, 2.45) is 5.73 Å². The van der Waals surface area contributed by atoms with Crippen molar-refractivity contribution in [3.63, 3.8) is 0 Å². The van der Waals surface area contributed by atoms with Gasteiger partial charge < -0.3 is 20.3 Å². The molecule has 0 aromatic heterocycles. The van der Waals surface area contributed by atoms with Gasteiger partial charge in [0.15, 0.2) is 0 Å². The van der Waals surface area contributed by atoms with E-state index in [1.807, 2.05) is 0 Å². The molecule has 0 aromatic carbocycles. The van der Waals surface area contributed by atoms with Gasteiger partial charge in [-0.25, -0.2) is 0 Å². The molecule has 0 spiro atoms. The fourth-order valence-corrected chi connectivity index (χ4v) is 1.09. The molecule has 0 fully saturated rings. The highest BCUT2D eigenvalue weighted by molar-refractivity contribution is 5.85. The van der Waals surface area contributed by atoms with E-state index in [9.17, 15) is 22.8 Å². The maximum absolute atomic E-state index is 12.3. The highest BCUT2D eigenvalue weighted by Gasteiger charge is 2.34. The van der Waals surface area contributed by atoms with Crippen molar-refractivity contribution in [2.75, 3.05) is 46.9 Å².